The SMILES string of the molecule is C#C[C@@H](CC(=O)c1ccc(Cl)cc1)c1ccccc1. The van der Waals surface area contributed by atoms with Gasteiger partial charge in [-0.3, -0.25) is 4.79 Å². The van der Waals surface area contributed by atoms with E-state index in [-0.39, 0.29) is 11.7 Å². The average Bonchev–Trinajstić information content (AvgIpc) is 2.46. The Morgan fingerprint density at radius 2 is 1.74 bits per heavy atom. The third-order valence-electron chi connectivity index (χ3n) is 2.96. The van der Waals surface area contributed by atoms with Gasteiger partial charge < -0.3 is 0 Å². The molecular formula is C17H13ClO. The summed E-state index contributed by atoms with van der Waals surface area (Å²) in [6, 6.07) is 16.5. The molecule has 0 saturated carbocycles. The molecule has 2 heteroatoms. The van der Waals surface area contributed by atoms with E-state index in [4.69, 9.17) is 18.0 Å². The summed E-state index contributed by atoms with van der Waals surface area (Å²) in [5, 5.41) is 0.619. The number of hydrogen-bond acceptors (Lipinski definition) is 1. The van der Waals surface area contributed by atoms with Crippen LogP contribution < -0.4 is 0 Å². The van der Waals surface area contributed by atoms with Gasteiger partial charge in [-0.15, -0.1) is 6.42 Å². The molecule has 0 aliphatic rings. The summed E-state index contributed by atoms with van der Waals surface area (Å²) in [5.74, 6) is 2.52. The van der Waals surface area contributed by atoms with Gasteiger partial charge in [-0.2, -0.15) is 0 Å². The summed E-state index contributed by atoms with van der Waals surface area (Å²) in [5.41, 5.74) is 1.63. The van der Waals surface area contributed by atoms with Crippen LogP contribution >= 0.6 is 11.6 Å². The number of Topliss-reactive ketones (excluding diaryl/α,β-unsaturated/α-hetero) is 1. The van der Waals surface area contributed by atoms with E-state index in [2.05, 4.69) is 5.92 Å². The first-order valence-corrected chi connectivity index (χ1v) is 6.38. The number of hydrogen-bond donors (Lipinski definition) is 0. The normalized spacial score (nSPS) is 11.6. The Morgan fingerprint density at radius 3 is 2.32 bits per heavy atom. The molecular weight excluding hydrogens is 256 g/mol. The number of terminal acetylenes is 1. The van der Waals surface area contributed by atoms with E-state index in [1.807, 2.05) is 30.3 Å². The van der Waals surface area contributed by atoms with Gasteiger partial charge in [0.1, 0.15) is 0 Å². The molecule has 0 aliphatic heterocycles. The first kappa shape index (κ1) is 13.4. The minimum Gasteiger partial charge on any atom is -0.294 e. The van der Waals surface area contributed by atoms with Gasteiger partial charge in [-0.1, -0.05) is 47.9 Å². The monoisotopic (exact) mass is 268 g/mol. The van der Waals surface area contributed by atoms with Gasteiger partial charge in [0.2, 0.25) is 0 Å². The van der Waals surface area contributed by atoms with Gasteiger partial charge in [-0.25, -0.2) is 0 Å². The van der Waals surface area contributed by atoms with Crippen molar-refractivity contribution in [1.29, 1.82) is 0 Å². The van der Waals surface area contributed by atoms with Crippen LogP contribution in [0.15, 0.2) is 54.6 Å². The third kappa shape index (κ3) is 3.47. The lowest BCUT2D eigenvalue weighted by molar-refractivity contribution is 0.0979. The van der Waals surface area contributed by atoms with Crippen LogP contribution in [0.2, 0.25) is 5.02 Å². The van der Waals surface area contributed by atoms with E-state index in [9.17, 15) is 4.79 Å². The lowest BCUT2D eigenvalue weighted by atomic mass is 9.92. The summed E-state index contributed by atoms with van der Waals surface area (Å²) in [7, 11) is 0. The Kier molecular flexibility index (Phi) is 4.39. The molecule has 0 aliphatic carbocycles. The number of halogens is 1. The molecule has 19 heavy (non-hydrogen) atoms. The standard InChI is InChI=1S/C17H13ClO/c1-2-13(14-6-4-3-5-7-14)12-17(19)15-8-10-16(18)11-9-15/h1,3-11,13H,12H2/t13-/m0/s1. The third-order valence-corrected chi connectivity index (χ3v) is 3.21. The van der Waals surface area contributed by atoms with Gasteiger partial charge in [0.05, 0.1) is 5.92 Å². The average molecular weight is 269 g/mol. The van der Waals surface area contributed by atoms with Crippen LogP contribution in [0.25, 0.3) is 0 Å². The first-order valence-electron chi connectivity index (χ1n) is 6.00. The van der Waals surface area contributed by atoms with E-state index in [1.165, 1.54) is 0 Å². The fourth-order valence-corrected chi connectivity index (χ4v) is 2.02. The predicted octanol–water partition coefficient (Wildman–Crippen LogP) is 4.33. The second kappa shape index (κ2) is 6.22. The molecule has 1 atom stereocenters. The van der Waals surface area contributed by atoms with Crippen LogP contribution in [-0.2, 0) is 0 Å². The lowest BCUT2D eigenvalue weighted by Crippen LogP contribution is -2.06. The maximum atomic E-state index is 12.2. The minimum absolute atomic E-state index is 0.0310. The van der Waals surface area contributed by atoms with E-state index >= 15 is 0 Å². The number of benzene rings is 2. The molecule has 2 aromatic carbocycles. The summed E-state index contributed by atoms with van der Waals surface area (Å²) >= 11 is 5.80. The first-order chi connectivity index (χ1) is 9.20. The van der Waals surface area contributed by atoms with Gasteiger partial charge in [0.25, 0.3) is 0 Å². The zero-order chi connectivity index (χ0) is 13.7. The van der Waals surface area contributed by atoms with E-state index in [1.54, 1.807) is 24.3 Å². The molecule has 0 N–H and O–H groups in total. The highest BCUT2D eigenvalue weighted by atomic mass is 35.5. The maximum Gasteiger partial charge on any atom is 0.164 e. The van der Waals surface area contributed by atoms with E-state index in [0.29, 0.717) is 17.0 Å². The molecule has 0 radical (unpaired) electrons. The molecule has 0 unspecified atom stereocenters. The smallest absolute Gasteiger partial charge is 0.164 e. The summed E-state index contributed by atoms with van der Waals surface area (Å²) in [6.07, 6.45) is 5.84. The molecule has 0 heterocycles. The number of ketones is 1. The quantitative estimate of drug-likeness (QED) is 0.596. The summed E-state index contributed by atoms with van der Waals surface area (Å²) in [6.45, 7) is 0. The number of rotatable bonds is 4. The number of carbonyl (C=O) groups is 1. The Balaban J connectivity index is 2.13. The van der Waals surface area contributed by atoms with Gasteiger partial charge in [-0.05, 0) is 29.8 Å². The summed E-state index contributed by atoms with van der Waals surface area (Å²) in [4.78, 5) is 12.2. The minimum atomic E-state index is -0.190. The largest absolute Gasteiger partial charge is 0.294 e. The maximum absolute atomic E-state index is 12.2. The number of carbonyl (C=O) groups excluding carboxylic acids is 1. The van der Waals surface area contributed by atoms with Crippen LogP contribution in [0, 0.1) is 12.3 Å². The highest BCUT2D eigenvalue weighted by molar-refractivity contribution is 6.30. The fraction of sp³-hybridized carbons (Fsp3) is 0.118. The van der Waals surface area contributed by atoms with Gasteiger partial charge in [0.15, 0.2) is 5.78 Å². The molecule has 94 valence electrons. The van der Waals surface area contributed by atoms with Crippen molar-refractivity contribution in [1.82, 2.24) is 0 Å². The van der Waals surface area contributed by atoms with Crippen molar-refractivity contribution in [3.63, 3.8) is 0 Å². The Labute approximate surface area is 118 Å². The Bertz CT molecular complexity index is 593. The molecule has 0 amide bonds. The second-order valence-corrected chi connectivity index (χ2v) is 4.70. The van der Waals surface area contributed by atoms with Gasteiger partial charge >= 0.3 is 0 Å². The van der Waals surface area contributed by atoms with Gasteiger partial charge in [0, 0.05) is 17.0 Å². The highest BCUT2D eigenvalue weighted by Crippen LogP contribution is 2.21. The predicted molar refractivity (Wildman–Crippen MR) is 78.4 cm³/mol. The highest BCUT2D eigenvalue weighted by Gasteiger charge is 2.14. The van der Waals surface area contributed by atoms with E-state index < -0.39 is 0 Å². The summed E-state index contributed by atoms with van der Waals surface area (Å²) < 4.78 is 0. The zero-order valence-corrected chi connectivity index (χ0v) is 11.1. The zero-order valence-electron chi connectivity index (χ0n) is 10.3. The topological polar surface area (TPSA) is 17.1 Å². The molecule has 2 aromatic rings. The van der Waals surface area contributed by atoms with Crippen molar-refractivity contribution in [3.05, 3.63) is 70.7 Å². The van der Waals surface area contributed by atoms with Crippen LogP contribution in [0.3, 0.4) is 0 Å². The van der Waals surface area contributed by atoms with Crippen molar-refractivity contribution in [2.24, 2.45) is 0 Å². The van der Waals surface area contributed by atoms with Crippen molar-refractivity contribution >= 4 is 17.4 Å². The van der Waals surface area contributed by atoms with Crippen molar-refractivity contribution in [2.45, 2.75) is 12.3 Å². The van der Waals surface area contributed by atoms with Crippen LogP contribution in [0.1, 0.15) is 28.3 Å². The second-order valence-electron chi connectivity index (χ2n) is 4.26. The van der Waals surface area contributed by atoms with Crippen molar-refractivity contribution < 1.29 is 4.79 Å². The molecule has 0 fully saturated rings. The Morgan fingerprint density at radius 1 is 1.11 bits per heavy atom. The molecule has 0 spiro atoms. The van der Waals surface area contributed by atoms with Crippen LogP contribution in [0.4, 0.5) is 0 Å². The molecule has 0 aromatic heterocycles. The van der Waals surface area contributed by atoms with E-state index in [0.717, 1.165) is 5.56 Å². The molecule has 0 saturated heterocycles. The Hall–Kier alpha value is -2.04. The van der Waals surface area contributed by atoms with Crippen LogP contribution in [-0.4, -0.2) is 5.78 Å². The molecule has 0 bridgehead atoms. The van der Waals surface area contributed by atoms with Crippen molar-refractivity contribution in [3.8, 4) is 12.3 Å². The van der Waals surface area contributed by atoms with Crippen LogP contribution in [0.5, 0.6) is 0 Å². The molecule has 2 rings (SSSR count). The fourth-order valence-electron chi connectivity index (χ4n) is 1.90. The molecule has 1 nitrogen and oxygen atoms in total. The van der Waals surface area contributed by atoms with Crippen molar-refractivity contribution in [2.75, 3.05) is 0 Å². The lowest BCUT2D eigenvalue weighted by Gasteiger charge is -2.10.